The molecule has 2 aromatic carbocycles. The van der Waals surface area contributed by atoms with Gasteiger partial charge in [-0.3, -0.25) is 4.79 Å². The van der Waals surface area contributed by atoms with Crippen LogP contribution >= 0.6 is 15.9 Å². The lowest BCUT2D eigenvalue weighted by atomic mass is 9.97. The van der Waals surface area contributed by atoms with Gasteiger partial charge in [-0.05, 0) is 55.7 Å². The summed E-state index contributed by atoms with van der Waals surface area (Å²) in [7, 11) is -2.21. The SMILES string of the molecule is COc1ccc(C)cc1S(=O)(=O)N1CCC(C(=O)Nc2cccc(Br)c2)CC1. The second-order valence-electron chi connectivity index (χ2n) is 6.83. The molecule has 8 heteroatoms. The number of hydrogen-bond donors (Lipinski definition) is 1. The highest BCUT2D eigenvalue weighted by atomic mass is 79.9. The van der Waals surface area contributed by atoms with Crippen LogP contribution in [0.4, 0.5) is 5.69 Å². The lowest BCUT2D eigenvalue weighted by molar-refractivity contribution is -0.120. The van der Waals surface area contributed by atoms with Crippen molar-refractivity contribution in [2.75, 3.05) is 25.5 Å². The van der Waals surface area contributed by atoms with Gasteiger partial charge >= 0.3 is 0 Å². The maximum atomic E-state index is 13.1. The molecule has 0 aromatic heterocycles. The average molecular weight is 467 g/mol. The van der Waals surface area contributed by atoms with E-state index in [4.69, 9.17) is 4.74 Å². The van der Waals surface area contributed by atoms with Crippen LogP contribution in [0.15, 0.2) is 51.8 Å². The molecule has 150 valence electrons. The van der Waals surface area contributed by atoms with Crippen LogP contribution in [-0.4, -0.2) is 38.8 Å². The predicted octanol–water partition coefficient (Wildman–Crippen LogP) is 3.81. The van der Waals surface area contributed by atoms with Crippen LogP contribution in [0.3, 0.4) is 0 Å². The van der Waals surface area contributed by atoms with Crippen molar-refractivity contribution in [2.24, 2.45) is 5.92 Å². The van der Waals surface area contributed by atoms with E-state index in [1.54, 1.807) is 12.1 Å². The Morgan fingerprint density at radius 2 is 1.89 bits per heavy atom. The van der Waals surface area contributed by atoms with Crippen molar-refractivity contribution in [3.8, 4) is 5.75 Å². The predicted molar refractivity (Wildman–Crippen MR) is 112 cm³/mol. The summed E-state index contributed by atoms with van der Waals surface area (Å²) >= 11 is 3.38. The Hall–Kier alpha value is -1.90. The molecule has 1 aliphatic rings. The summed E-state index contributed by atoms with van der Waals surface area (Å²) in [6, 6.07) is 12.5. The van der Waals surface area contributed by atoms with Crippen LogP contribution in [0.1, 0.15) is 18.4 Å². The van der Waals surface area contributed by atoms with E-state index in [0.29, 0.717) is 31.7 Å². The van der Waals surface area contributed by atoms with Crippen molar-refractivity contribution in [3.05, 3.63) is 52.5 Å². The van der Waals surface area contributed by atoms with Gasteiger partial charge in [0.2, 0.25) is 15.9 Å². The van der Waals surface area contributed by atoms with Gasteiger partial charge in [-0.1, -0.05) is 28.1 Å². The zero-order valence-corrected chi connectivity index (χ0v) is 18.2. The largest absolute Gasteiger partial charge is 0.495 e. The lowest BCUT2D eigenvalue weighted by Crippen LogP contribution is -2.41. The molecule has 2 aromatic rings. The average Bonchev–Trinajstić information content (AvgIpc) is 2.68. The number of sulfonamides is 1. The first-order chi connectivity index (χ1) is 13.3. The van der Waals surface area contributed by atoms with Crippen LogP contribution in [0.25, 0.3) is 0 Å². The third kappa shape index (κ3) is 4.56. The topological polar surface area (TPSA) is 75.7 Å². The summed E-state index contributed by atoms with van der Waals surface area (Å²) < 4.78 is 33.7. The van der Waals surface area contributed by atoms with E-state index in [9.17, 15) is 13.2 Å². The highest BCUT2D eigenvalue weighted by molar-refractivity contribution is 9.10. The summed E-state index contributed by atoms with van der Waals surface area (Å²) in [6.45, 7) is 2.45. The number of rotatable bonds is 5. The summed E-state index contributed by atoms with van der Waals surface area (Å²) in [5.41, 5.74) is 1.57. The van der Waals surface area contributed by atoms with Crippen molar-refractivity contribution < 1.29 is 17.9 Å². The van der Waals surface area contributed by atoms with Crippen molar-refractivity contribution in [1.82, 2.24) is 4.31 Å². The van der Waals surface area contributed by atoms with Crippen molar-refractivity contribution in [1.29, 1.82) is 0 Å². The van der Waals surface area contributed by atoms with Gasteiger partial charge in [0.25, 0.3) is 0 Å². The van der Waals surface area contributed by atoms with Gasteiger partial charge < -0.3 is 10.1 Å². The fourth-order valence-corrected chi connectivity index (χ4v) is 5.40. The Morgan fingerprint density at radius 3 is 2.54 bits per heavy atom. The number of halogens is 1. The Morgan fingerprint density at radius 1 is 1.18 bits per heavy atom. The third-order valence-electron chi connectivity index (χ3n) is 4.85. The Labute approximate surface area is 174 Å². The van der Waals surface area contributed by atoms with Crippen LogP contribution in [-0.2, 0) is 14.8 Å². The molecule has 0 radical (unpaired) electrons. The quantitative estimate of drug-likeness (QED) is 0.726. The second kappa shape index (κ2) is 8.63. The van der Waals surface area contributed by atoms with E-state index in [1.165, 1.54) is 11.4 Å². The molecule has 6 nitrogen and oxygen atoms in total. The number of aryl methyl sites for hydroxylation is 1. The van der Waals surface area contributed by atoms with Crippen LogP contribution < -0.4 is 10.1 Å². The van der Waals surface area contributed by atoms with Crippen LogP contribution in [0.2, 0.25) is 0 Å². The molecule has 0 unspecified atom stereocenters. The molecule has 28 heavy (non-hydrogen) atoms. The maximum Gasteiger partial charge on any atom is 0.246 e. The normalized spacial score (nSPS) is 16.0. The molecule has 0 bridgehead atoms. The molecule has 1 N–H and O–H groups in total. The number of ether oxygens (including phenoxy) is 1. The molecule has 1 fully saturated rings. The molecule has 1 aliphatic heterocycles. The van der Waals surface area contributed by atoms with Gasteiger partial charge in [-0.15, -0.1) is 0 Å². The zero-order valence-electron chi connectivity index (χ0n) is 15.8. The van der Waals surface area contributed by atoms with Gasteiger partial charge in [0.15, 0.2) is 0 Å². The fourth-order valence-electron chi connectivity index (χ4n) is 3.29. The molecular formula is C20H23BrN2O4S. The summed E-state index contributed by atoms with van der Waals surface area (Å²) in [5, 5.41) is 2.91. The van der Waals surface area contributed by atoms with Crippen molar-refractivity contribution in [2.45, 2.75) is 24.7 Å². The number of hydrogen-bond acceptors (Lipinski definition) is 4. The van der Waals surface area contributed by atoms with Crippen LogP contribution in [0.5, 0.6) is 5.75 Å². The standard InChI is InChI=1S/C20H23BrN2O4S/c1-14-6-7-18(27-2)19(12-14)28(25,26)23-10-8-15(9-11-23)20(24)22-17-5-3-4-16(21)13-17/h3-7,12-13,15H,8-11H2,1-2H3,(H,22,24). The first kappa shape index (κ1) is 20.8. The van der Waals surface area contributed by atoms with Crippen molar-refractivity contribution in [3.63, 3.8) is 0 Å². The first-order valence-corrected chi connectivity index (χ1v) is 11.3. The minimum atomic E-state index is -3.67. The molecule has 0 atom stereocenters. The number of benzene rings is 2. The van der Waals surface area contributed by atoms with E-state index in [2.05, 4.69) is 21.2 Å². The second-order valence-corrected chi connectivity index (χ2v) is 9.65. The fraction of sp³-hybridized carbons (Fsp3) is 0.350. The molecule has 0 saturated carbocycles. The number of nitrogens with one attached hydrogen (secondary N) is 1. The molecule has 0 spiro atoms. The molecule has 0 aliphatic carbocycles. The molecule has 1 heterocycles. The highest BCUT2D eigenvalue weighted by Crippen LogP contribution is 2.31. The Bertz CT molecular complexity index is 970. The van der Waals surface area contributed by atoms with Gasteiger partial charge in [0.1, 0.15) is 10.6 Å². The van der Waals surface area contributed by atoms with Gasteiger partial charge in [-0.2, -0.15) is 4.31 Å². The van der Waals surface area contributed by atoms with Crippen LogP contribution in [0, 0.1) is 12.8 Å². The van der Waals surface area contributed by atoms with Gasteiger partial charge in [-0.25, -0.2) is 8.42 Å². The summed E-state index contributed by atoms with van der Waals surface area (Å²) in [5.74, 6) is 0.0354. The third-order valence-corrected chi connectivity index (χ3v) is 7.27. The number of anilines is 1. The number of nitrogens with zero attached hydrogens (tertiary/aromatic N) is 1. The number of carbonyl (C=O) groups excluding carboxylic acids is 1. The van der Waals surface area contributed by atoms with Gasteiger partial charge in [0, 0.05) is 29.2 Å². The van der Waals surface area contributed by atoms with Crippen molar-refractivity contribution >= 4 is 37.5 Å². The molecule has 3 rings (SSSR count). The van der Waals surface area contributed by atoms with E-state index in [0.717, 1.165) is 15.7 Å². The number of carbonyl (C=O) groups is 1. The highest BCUT2D eigenvalue weighted by Gasteiger charge is 2.33. The minimum absolute atomic E-state index is 0.0803. The lowest BCUT2D eigenvalue weighted by Gasteiger charge is -2.31. The van der Waals surface area contributed by atoms with E-state index in [-0.39, 0.29) is 16.7 Å². The summed E-state index contributed by atoms with van der Waals surface area (Å²) in [4.78, 5) is 12.7. The molecular weight excluding hydrogens is 444 g/mol. The molecule has 1 saturated heterocycles. The number of piperidine rings is 1. The number of methoxy groups -OCH3 is 1. The zero-order chi connectivity index (χ0) is 20.3. The van der Waals surface area contributed by atoms with Gasteiger partial charge in [0.05, 0.1) is 7.11 Å². The van der Waals surface area contributed by atoms with E-state index in [1.807, 2.05) is 37.3 Å². The minimum Gasteiger partial charge on any atom is -0.495 e. The maximum absolute atomic E-state index is 13.1. The molecule has 1 amide bonds. The first-order valence-electron chi connectivity index (χ1n) is 9.02. The van der Waals surface area contributed by atoms with E-state index < -0.39 is 10.0 Å². The summed E-state index contributed by atoms with van der Waals surface area (Å²) in [6.07, 6.45) is 0.959. The van der Waals surface area contributed by atoms with E-state index >= 15 is 0 Å². The smallest absolute Gasteiger partial charge is 0.246 e. The monoisotopic (exact) mass is 466 g/mol. The Kier molecular flexibility index (Phi) is 6.42. The Balaban J connectivity index is 1.68. The number of amides is 1.